The van der Waals surface area contributed by atoms with Gasteiger partial charge < -0.3 is 15.5 Å². The molecule has 0 aliphatic rings. The number of alkyl halides is 3. The van der Waals surface area contributed by atoms with Crippen LogP contribution in [0.15, 0.2) is 6.07 Å². The van der Waals surface area contributed by atoms with Crippen molar-refractivity contribution in [1.29, 1.82) is 0 Å². The first-order valence-corrected chi connectivity index (χ1v) is 6.56. The largest absolute Gasteiger partial charge is 0.433 e. The summed E-state index contributed by atoms with van der Waals surface area (Å²) in [6.45, 7) is 5.37. The van der Waals surface area contributed by atoms with Crippen molar-refractivity contribution in [3.63, 3.8) is 0 Å². The van der Waals surface area contributed by atoms with Crippen molar-refractivity contribution in [2.24, 2.45) is 5.41 Å². The Bertz CT molecular complexity index is 471. The van der Waals surface area contributed by atoms with Crippen LogP contribution in [0, 0.1) is 5.41 Å². The summed E-state index contributed by atoms with van der Waals surface area (Å²) in [6.07, 6.45) is -4.50. The molecule has 0 fully saturated rings. The van der Waals surface area contributed by atoms with E-state index in [1.54, 1.807) is 0 Å². The van der Waals surface area contributed by atoms with Crippen LogP contribution in [0.5, 0.6) is 0 Å². The molecule has 0 bridgehead atoms. The van der Waals surface area contributed by atoms with Gasteiger partial charge in [0.1, 0.15) is 5.82 Å². The number of hydrogen-bond donors (Lipinski definition) is 2. The minimum absolute atomic E-state index is 0.0576. The molecule has 0 atom stereocenters. The molecule has 2 N–H and O–H groups in total. The lowest BCUT2D eigenvalue weighted by Gasteiger charge is -2.28. The summed E-state index contributed by atoms with van der Waals surface area (Å²) in [4.78, 5) is 9.45. The molecule has 1 aromatic heterocycles. The maximum Gasteiger partial charge on any atom is 0.433 e. The van der Waals surface area contributed by atoms with E-state index in [-0.39, 0.29) is 17.2 Å². The third-order valence-electron chi connectivity index (χ3n) is 2.73. The minimum atomic E-state index is -4.50. The van der Waals surface area contributed by atoms with Gasteiger partial charge in [-0.2, -0.15) is 18.2 Å². The number of hydrogen-bond acceptors (Lipinski definition) is 5. The maximum atomic E-state index is 12.8. The van der Waals surface area contributed by atoms with Gasteiger partial charge in [-0.1, -0.05) is 13.8 Å². The van der Waals surface area contributed by atoms with Crippen molar-refractivity contribution < 1.29 is 13.2 Å². The fourth-order valence-corrected chi connectivity index (χ4v) is 2.04. The van der Waals surface area contributed by atoms with Crippen molar-refractivity contribution in [3.8, 4) is 0 Å². The number of aromatic nitrogens is 2. The van der Waals surface area contributed by atoms with Gasteiger partial charge in [-0.3, -0.25) is 0 Å². The molecule has 1 heterocycles. The molecule has 21 heavy (non-hydrogen) atoms. The summed E-state index contributed by atoms with van der Waals surface area (Å²) in [5.74, 6) is 0.103. The summed E-state index contributed by atoms with van der Waals surface area (Å²) < 4.78 is 38.3. The monoisotopic (exact) mass is 305 g/mol. The summed E-state index contributed by atoms with van der Waals surface area (Å²) in [7, 11) is 5.38. The third-order valence-corrected chi connectivity index (χ3v) is 2.73. The van der Waals surface area contributed by atoms with Gasteiger partial charge >= 0.3 is 6.18 Å². The van der Waals surface area contributed by atoms with Crippen LogP contribution in [0.2, 0.25) is 0 Å². The Morgan fingerprint density at radius 1 is 1.19 bits per heavy atom. The first kappa shape index (κ1) is 17.5. The van der Waals surface area contributed by atoms with Crippen LogP contribution in [0.25, 0.3) is 0 Å². The molecule has 0 saturated carbocycles. The summed E-state index contributed by atoms with van der Waals surface area (Å²) in [6, 6.07) is 0.923. The second-order valence-electron chi connectivity index (χ2n) is 5.97. The second kappa shape index (κ2) is 6.46. The molecular formula is C13H22F3N5. The van der Waals surface area contributed by atoms with Gasteiger partial charge in [-0.05, 0) is 19.5 Å². The molecule has 1 rings (SSSR count). The van der Waals surface area contributed by atoms with E-state index >= 15 is 0 Å². The Kier molecular flexibility index (Phi) is 5.38. The van der Waals surface area contributed by atoms with Crippen LogP contribution in [0.4, 0.5) is 24.9 Å². The van der Waals surface area contributed by atoms with Crippen molar-refractivity contribution in [2.45, 2.75) is 20.0 Å². The molecule has 0 unspecified atom stereocenters. The molecular weight excluding hydrogens is 283 g/mol. The van der Waals surface area contributed by atoms with Gasteiger partial charge in [0.25, 0.3) is 0 Å². The van der Waals surface area contributed by atoms with E-state index in [1.165, 1.54) is 7.05 Å². The number of anilines is 2. The first-order chi connectivity index (χ1) is 9.53. The summed E-state index contributed by atoms with van der Waals surface area (Å²) >= 11 is 0. The number of nitrogens with zero attached hydrogens (tertiary/aromatic N) is 3. The lowest BCUT2D eigenvalue weighted by atomic mass is 9.93. The van der Waals surface area contributed by atoms with Crippen LogP contribution in [-0.4, -0.2) is 49.1 Å². The number of nitrogens with one attached hydrogen (secondary N) is 2. The summed E-state index contributed by atoms with van der Waals surface area (Å²) in [5, 5.41) is 5.50. The predicted molar refractivity (Wildman–Crippen MR) is 77.4 cm³/mol. The fraction of sp³-hybridized carbons (Fsp3) is 0.692. The molecule has 0 radical (unpaired) electrons. The van der Waals surface area contributed by atoms with Gasteiger partial charge in [-0.25, -0.2) is 4.98 Å². The topological polar surface area (TPSA) is 53.1 Å². The highest BCUT2D eigenvalue weighted by molar-refractivity contribution is 5.43. The van der Waals surface area contributed by atoms with Crippen LogP contribution < -0.4 is 10.6 Å². The van der Waals surface area contributed by atoms with E-state index in [0.717, 1.165) is 12.6 Å². The highest BCUT2D eigenvalue weighted by atomic mass is 19.4. The predicted octanol–water partition coefficient (Wildman–Crippen LogP) is 2.54. The van der Waals surface area contributed by atoms with Crippen LogP contribution in [0.3, 0.4) is 0 Å². The Hall–Kier alpha value is -1.57. The Morgan fingerprint density at radius 2 is 1.81 bits per heavy atom. The fourth-order valence-electron chi connectivity index (χ4n) is 2.04. The Morgan fingerprint density at radius 3 is 2.29 bits per heavy atom. The van der Waals surface area contributed by atoms with E-state index in [1.807, 2.05) is 32.8 Å². The average Bonchev–Trinajstić information content (AvgIpc) is 2.33. The van der Waals surface area contributed by atoms with Gasteiger partial charge in [0.05, 0.1) is 0 Å². The second-order valence-corrected chi connectivity index (χ2v) is 5.97. The van der Waals surface area contributed by atoms with Crippen molar-refractivity contribution >= 4 is 11.8 Å². The first-order valence-electron chi connectivity index (χ1n) is 6.56. The van der Waals surface area contributed by atoms with Gasteiger partial charge in [0.2, 0.25) is 5.95 Å². The highest BCUT2D eigenvalue weighted by Gasteiger charge is 2.33. The lowest BCUT2D eigenvalue weighted by Crippen LogP contribution is -2.34. The van der Waals surface area contributed by atoms with Crippen molar-refractivity contribution in [1.82, 2.24) is 14.9 Å². The van der Waals surface area contributed by atoms with E-state index in [0.29, 0.717) is 6.54 Å². The molecule has 0 aromatic carbocycles. The minimum Gasteiger partial charge on any atom is -0.369 e. The average molecular weight is 305 g/mol. The lowest BCUT2D eigenvalue weighted by molar-refractivity contribution is -0.141. The Labute approximate surface area is 123 Å². The molecule has 0 saturated heterocycles. The zero-order valence-corrected chi connectivity index (χ0v) is 13.0. The Balaban J connectivity index is 2.88. The van der Waals surface area contributed by atoms with E-state index < -0.39 is 11.9 Å². The van der Waals surface area contributed by atoms with Gasteiger partial charge in [-0.15, -0.1) is 0 Å². The summed E-state index contributed by atoms with van der Waals surface area (Å²) in [5.41, 5.74) is -1.07. The molecule has 0 spiro atoms. The molecule has 5 nitrogen and oxygen atoms in total. The van der Waals surface area contributed by atoms with Crippen molar-refractivity contribution in [2.75, 3.05) is 44.9 Å². The van der Waals surface area contributed by atoms with E-state index in [9.17, 15) is 13.2 Å². The van der Waals surface area contributed by atoms with Gasteiger partial charge in [0.15, 0.2) is 5.69 Å². The normalized spacial score (nSPS) is 12.6. The molecule has 120 valence electrons. The quantitative estimate of drug-likeness (QED) is 0.846. The molecule has 8 heteroatoms. The van der Waals surface area contributed by atoms with Crippen LogP contribution in [0.1, 0.15) is 19.5 Å². The van der Waals surface area contributed by atoms with Gasteiger partial charge in [0, 0.05) is 26.2 Å². The molecule has 0 aliphatic heterocycles. The van der Waals surface area contributed by atoms with Crippen LogP contribution >= 0.6 is 0 Å². The molecule has 0 amide bonds. The number of rotatable bonds is 6. The molecule has 1 aromatic rings. The zero-order valence-electron chi connectivity index (χ0n) is 13.0. The highest BCUT2D eigenvalue weighted by Crippen LogP contribution is 2.30. The smallest absolute Gasteiger partial charge is 0.369 e. The number of halogens is 3. The SMILES string of the molecule is CNc1nc(NCC(C)(C)CN(C)C)cc(C(F)(F)F)n1. The maximum absolute atomic E-state index is 12.8. The van der Waals surface area contributed by atoms with Crippen molar-refractivity contribution in [3.05, 3.63) is 11.8 Å². The van der Waals surface area contributed by atoms with E-state index in [4.69, 9.17) is 0 Å². The van der Waals surface area contributed by atoms with E-state index in [2.05, 4.69) is 20.6 Å². The standard InChI is InChI=1S/C13H22F3N5/c1-12(2,8-21(4)5)7-18-10-6-9(13(14,15)16)19-11(17-3)20-10/h6H,7-8H2,1-5H3,(H2,17,18,19,20). The third kappa shape index (κ3) is 5.74. The van der Waals surface area contributed by atoms with Crippen LogP contribution in [-0.2, 0) is 6.18 Å². The molecule has 0 aliphatic carbocycles. The zero-order chi connectivity index (χ0) is 16.3.